The molecule has 0 unspecified atom stereocenters. The molecule has 0 atom stereocenters. The van der Waals surface area contributed by atoms with Crippen LogP contribution in [0, 0.1) is 0 Å². The van der Waals surface area contributed by atoms with Gasteiger partial charge in [0.1, 0.15) is 0 Å². The van der Waals surface area contributed by atoms with Gasteiger partial charge in [0, 0.05) is 44.7 Å². The van der Waals surface area contributed by atoms with Crippen molar-refractivity contribution < 1.29 is 0 Å². The second-order valence-corrected chi connectivity index (χ2v) is 6.06. The van der Waals surface area contributed by atoms with E-state index in [1.807, 2.05) is 0 Å². The summed E-state index contributed by atoms with van der Waals surface area (Å²) in [4.78, 5) is 2.52. The van der Waals surface area contributed by atoms with Crippen LogP contribution in [0.2, 0.25) is 0 Å². The highest BCUT2D eigenvalue weighted by molar-refractivity contribution is 5.31. The molecule has 2 fully saturated rings. The van der Waals surface area contributed by atoms with E-state index in [1.54, 1.807) is 0 Å². The van der Waals surface area contributed by atoms with Crippen LogP contribution in [0.3, 0.4) is 0 Å². The van der Waals surface area contributed by atoms with Gasteiger partial charge >= 0.3 is 0 Å². The third-order valence-electron chi connectivity index (χ3n) is 4.88. The van der Waals surface area contributed by atoms with E-state index >= 15 is 0 Å². The van der Waals surface area contributed by atoms with Gasteiger partial charge < -0.3 is 11.1 Å². The summed E-state index contributed by atoms with van der Waals surface area (Å²) >= 11 is 0. The van der Waals surface area contributed by atoms with E-state index in [1.165, 1.54) is 30.4 Å². The summed E-state index contributed by atoms with van der Waals surface area (Å²) in [5.41, 5.74) is 9.15. The number of nitrogens with two attached hydrogens (primary N) is 1. The molecule has 3 N–H and O–H groups in total. The summed E-state index contributed by atoms with van der Waals surface area (Å²) in [6, 6.07) is 9.22. The first kappa shape index (κ1) is 13.1. The quantitative estimate of drug-likeness (QED) is 0.860. The van der Waals surface area contributed by atoms with E-state index in [0.717, 1.165) is 39.3 Å². The molecule has 0 radical (unpaired) electrons. The second-order valence-electron chi connectivity index (χ2n) is 6.06. The van der Waals surface area contributed by atoms with Crippen LogP contribution < -0.4 is 11.1 Å². The molecule has 1 aliphatic heterocycles. The Bertz CT molecular complexity index is 397. The molecule has 1 aliphatic carbocycles. The molecule has 0 bridgehead atoms. The third-order valence-corrected chi connectivity index (χ3v) is 4.88. The van der Waals surface area contributed by atoms with E-state index in [9.17, 15) is 0 Å². The van der Waals surface area contributed by atoms with Crippen molar-refractivity contribution >= 4 is 0 Å². The van der Waals surface area contributed by atoms with Crippen molar-refractivity contribution in [2.24, 2.45) is 5.73 Å². The molecule has 0 aromatic heterocycles. The molecule has 0 spiro atoms. The third kappa shape index (κ3) is 2.69. The van der Waals surface area contributed by atoms with Gasteiger partial charge in [-0.1, -0.05) is 30.7 Å². The molecule has 1 heterocycles. The molecule has 19 heavy (non-hydrogen) atoms. The average Bonchev–Trinajstić information content (AvgIpc) is 2.41. The highest BCUT2D eigenvalue weighted by Gasteiger charge is 2.36. The smallest absolute Gasteiger partial charge is 0.0234 e. The first-order chi connectivity index (χ1) is 9.32. The first-order valence-electron chi connectivity index (χ1n) is 7.55. The topological polar surface area (TPSA) is 41.3 Å². The lowest BCUT2D eigenvalue weighted by Gasteiger charge is -2.41. The van der Waals surface area contributed by atoms with Crippen molar-refractivity contribution in [3.8, 4) is 0 Å². The molecular weight excluding hydrogens is 234 g/mol. The Morgan fingerprint density at radius 1 is 1.11 bits per heavy atom. The Kier molecular flexibility index (Phi) is 3.87. The maximum Gasteiger partial charge on any atom is 0.0234 e. The molecule has 1 aromatic carbocycles. The van der Waals surface area contributed by atoms with Crippen LogP contribution in [0.4, 0.5) is 0 Å². The number of hydrogen-bond donors (Lipinski definition) is 2. The van der Waals surface area contributed by atoms with Gasteiger partial charge in [0.25, 0.3) is 0 Å². The Morgan fingerprint density at radius 3 is 2.32 bits per heavy atom. The predicted molar refractivity (Wildman–Crippen MR) is 79.2 cm³/mol. The second kappa shape index (κ2) is 5.61. The number of piperazine rings is 1. The minimum atomic E-state index is 0.299. The maximum absolute atomic E-state index is 5.97. The first-order valence-corrected chi connectivity index (χ1v) is 7.55. The van der Waals surface area contributed by atoms with E-state index in [2.05, 4.69) is 34.5 Å². The number of benzene rings is 1. The summed E-state index contributed by atoms with van der Waals surface area (Å²) in [5.74, 6) is 0. The Balaban J connectivity index is 1.65. The zero-order chi connectivity index (χ0) is 13.1. The van der Waals surface area contributed by atoms with Crippen LogP contribution in [0.5, 0.6) is 0 Å². The number of nitrogens with zero attached hydrogens (tertiary/aromatic N) is 1. The zero-order valence-corrected chi connectivity index (χ0v) is 11.7. The Hall–Kier alpha value is -0.900. The van der Waals surface area contributed by atoms with E-state index in [0.29, 0.717) is 5.41 Å². The largest absolute Gasteiger partial charge is 0.330 e. The monoisotopic (exact) mass is 259 g/mol. The van der Waals surface area contributed by atoms with Gasteiger partial charge in [0.15, 0.2) is 0 Å². The number of hydrogen-bond acceptors (Lipinski definition) is 3. The summed E-state index contributed by atoms with van der Waals surface area (Å²) in [7, 11) is 0. The SMILES string of the molecule is NCC1(c2ccc(CN3CCNCC3)cc2)CCC1. The number of nitrogens with one attached hydrogen (secondary N) is 1. The Morgan fingerprint density at radius 2 is 1.79 bits per heavy atom. The summed E-state index contributed by atoms with van der Waals surface area (Å²) in [5, 5.41) is 3.40. The van der Waals surface area contributed by atoms with Crippen molar-refractivity contribution in [2.75, 3.05) is 32.7 Å². The Labute approximate surface area is 116 Å². The minimum absolute atomic E-state index is 0.299. The van der Waals surface area contributed by atoms with Gasteiger partial charge in [-0.15, -0.1) is 0 Å². The van der Waals surface area contributed by atoms with Crippen LogP contribution in [0.25, 0.3) is 0 Å². The fraction of sp³-hybridized carbons (Fsp3) is 0.625. The standard InChI is InChI=1S/C16H25N3/c17-13-16(6-1-7-16)15-4-2-14(3-5-15)12-19-10-8-18-9-11-19/h2-5,18H,1,6-13,17H2. The lowest BCUT2D eigenvalue weighted by atomic mass is 9.64. The van der Waals surface area contributed by atoms with E-state index in [-0.39, 0.29) is 0 Å². The molecule has 2 aliphatic rings. The summed E-state index contributed by atoms with van der Waals surface area (Å²) < 4.78 is 0. The minimum Gasteiger partial charge on any atom is -0.330 e. The van der Waals surface area contributed by atoms with Gasteiger partial charge in [0.2, 0.25) is 0 Å². The van der Waals surface area contributed by atoms with Gasteiger partial charge in [-0.2, -0.15) is 0 Å². The lowest BCUT2D eigenvalue weighted by Crippen LogP contribution is -2.43. The fourth-order valence-electron chi connectivity index (χ4n) is 3.31. The molecule has 1 aromatic rings. The van der Waals surface area contributed by atoms with Crippen molar-refractivity contribution in [1.29, 1.82) is 0 Å². The van der Waals surface area contributed by atoms with Crippen LogP contribution in [-0.2, 0) is 12.0 Å². The predicted octanol–water partition coefficient (Wildman–Crippen LogP) is 1.47. The van der Waals surface area contributed by atoms with Gasteiger partial charge in [-0.05, 0) is 24.0 Å². The molecule has 3 nitrogen and oxygen atoms in total. The molecule has 1 saturated heterocycles. The van der Waals surface area contributed by atoms with Crippen molar-refractivity contribution in [1.82, 2.24) is 10.2 Å². The molecule has 1 saturated carbocycles. The van der Waals surface area contributed by atoms with Gasteiger partial charge in [-0.25, -0.2) is 0 Å². The van der Waals surface area contributed by atoms with Gasteiger partial charge in [0.05, 0.1) is 0 Å². The molecule has 3 heteroatoms. The van der Waals surface area contributed by atoms with Crippen LogP contribution in [0.15, 0.2) is 24.3 Å². The molecule has 3 rings (SSSR count). The van der Waals surface area contributed by atoms with Crippen molar-refractivity contribution in [3.05, 3.63) is 35.4 Å². The van der Waals surface area contributed by atoms with Gasteiger partial charge in [-0.3, -0.25) is 4.90 Å². The number of rotatable bonds is 4. The summed E-state index contributed by atoms with van der Waals surface area (Å²) in [6.45, 7) is 6.44. The maximum atomic E-state index is 5.97. The highest BCUT2D eigenvalue weighted by Crippen LogP contribution is 2.42. The fourth-order valence-corrected chi connectivity index (χ4v) is 3.31. The normalized spacial score (nSPS) is 23.0. The summed E-state index contributed by atoms with van der Waals surface area (Å²) in [6.07, 6.45) is 3.86. The highest BCUT2D eigenvalue weighted by atomic mass is 15.2. The van der Waals surface area contributed by atoms with Crippen LogP contribution in [0.1, 0.15) is 30.4 Å². The van der Waals surface area contributed by atoms with E-state index in [4.69, 9.17) is 5.73 Å². The van der Waals surface area contributed by atoms with Crippen molar-refractivity contribution in [3.63, 3.8) is 0 Å². The van der Waals surface area contributed by atoms with E-state index < -0.39 is 0 Å². The molecule has 0 amide bonds. The van der Waals surface area contributed by atoms with Crippen LogP contribution >= 0.6 is 0 Å². The van der Waals surface area contributed by atoms with Crippen molar-refractivity contribution in [2.45, 2.75) is 31.2 Å². The molecule has 104 valence electrons. The lowest BCUT2D eigenvalue weighted by molar-refractivity contribution is 0.233. The molecular formula is C16H25N3. The average molecular weight is 259 g/mol. The van der Waals surface area contributed by atoms with Crippen LogP contribution in [-0.4, -0.2) is 37.6 Å². The zero-order valence-electron chi connectivity index (χ0n) is 11.7.